The van der Waals surface area contributed by atoms with Crippen LogP contribution < -0.4 is 9.75 Å². The van der Waals surface area contributed by atoms with E-state index in [2.05, 4.69) is 10.1 Å². The summed E-state index contributed by atoms with van der Waals surface area (Å²) in [4.78, 5) is 28.9. The van der Waals surface area contributed by atoms with Crippen molar-refractivity contribution in [3.05, 3.63) is 111 Å². The van der Waals surface area contributed by atoms with E-state index >= 15 is 0 Å². The zero-order valence-electron chi connectivity index (χ0n) is 19.4. The van der Waals surface area contributed by atoms with Gasteiger partial charge in [-0.05, 0) is 42.8 Å². The van der Waals surface area contributed by atoms with E-state index < -0.39 is 4.92 Å². The van der Waals surface area contributed by atoms with Crippen molar-refractivity contribution in [1.29, 1.82) is 0 Å². The van der Waals surface area contributed by atoms with Crippen molar-refractivity contribution < 1.29 is 14.5 Å². The van der Waals surface area contributed by atoms with Gasteiger partial charge in [-0.15, -0.1) is 11.3 Å². The summed E-state index contributed by atoms with van der Waals surface area (Å²) in [5.41, 5.74) is 4.96. The minimum atomic E-state index is -0.464. The summed E-state index contributed by atoms with van der Waals surface area (Å²) in [7, 11) is 1.59. The number of benzene rings is 3. The Hall–Kier alpha value is -4.63. The predicted molar refractivity (Wildman–Crippen MR) is 140 cm³/mol. The van der Waals surface area contributed by atoms with Gasteiger partial charge in [-0.25, -0.2) is 4.98 Å². The van der Waals surface area contributed by atoms with Crippen molar-refractivity contribution in [1.82, 2.24) is 4.98 Å². The molecule has 36 heavy (non-hydrogen) atoms. The van der Waals surface area contributed by atoms with Gasteiger partial charge in [0.2, 0.25) is 5.13 Å². The van der Waals surface area contributed by atoms with E-state index in [1.165, 1.54) is 28.5 Å². The number of amides is 1. The summed E-state index contributed by atoms with van der Waals surface area (Å²) < 4.78 is 5.22. The molecule has 5 rings (SSSR count). The van der Waals surface area contributed by atoms with Crippen LogP contribution in [0.2, 0.25) is 0 Å². The van der Waals surface area contributed by atoms with Crippen molar-refractivity contribution in [3.63, 3.8) is 0 Å². The number of anilines is 1. The summed E-state index contributed by atoms with van der Waals surface area (Å²) in [5.74, 6) is 0.371. The molecular weight excluding hydrogens is 476 g/mol. The number of aromatic nitrogens is 1. The number of ether oxygens (including phenoxy) is 1. The first kappa shape index (κ1) is 23.1. The molecule has 4 aromatic rings. The number of hydrogen-bond acceptors (Lipinski definition) is 7. The Morgan fingerprint density at radius 1 is 0.972 bits per heavy atom. The summed E-state index contributed by atoms with van der Waals surface area (Å²) in [6.07, 6.45) is 1.75. The van der Waals surface area contributed by atoms with Crippen LogP contribution in [0.25, 0.3) is 17.3 Å². The monoisotopic (exact) mass is 496 g/mol. The SMILES string of the molecule is COc1ccc(/C=C2\C(=O)N(c3nc(-c4ccc(C)cc4)cs3)N=C2c2ccc([N+](=O)[O-])cc2)cc1. The summed E-state index contributed by atoms with van der Waals surface area (Å²) >= 11 is 1.32. The number of aryl methyl sites for hydroxylation is 1. The van der Waals surface area contributed by atoms with Crippen LogP contribution in [0.4, 0.5) is 10.8 Å². The third-order valence-electron chi connectivity index (χ3n) is 5.68. The van der Waals surface area contributed by atoms with Crippen molar-refractivity contribution in [3.8, 4) is 17.0 Å². The van der Waals surface area contributed by atoms with Crippen LogP contribution in [0.5, 0.6) is 5.75 Å². The van der Waals surface area contributed by atoms with Crippen molar-refractivity contribution in [2.45, 2.75) is 6.92 Å². The average Bonchev–Trinajstić information content (AvgIpc) is 3.50. The fourth-order valence-corrected chi connectivity index (χ4v) is 4.49. The number of nitro groups is 1. The van der Waals surface area contributed by atoms with Crippen LogP contribution >= 0.6 is 11.3 Å². The number of nitrogens with zero attached hydrogens (tertiary/aromatic N) is 4. The number of non-ortho nitro benzene ring substituents is 1. The van der Waals surface area contributed by atoms with E-state index in [1.54, 1.807) is 37.5 Å². The molecule has 9 heteroatoms. The fourth-order valence-electron chi connectivity index (χ4n) is 3.71. The van der Waals surface area contributed by atoms with Crippen LogP contribution in [0.15, 0.2) is 88.9 Å². The molecule has 0 bridgehead atoms. The highest BCUT2D eigenvalue weighted by Crippen LogP contribution is 2.33. The second-order valence-corrected chi connectivity index (χ2v) is 8.92. The summed E-state index contributed by atoms with van der Waals surface area (Å²) in [6.45, 7) is 2.02. The maximum absolute atomic E-state index is 13.6. The third-order valence-corrected chi connectivity index (χ3v) is 6.49. The second kappa shape index (κ2) is 9.55. The Bertz CT molecular complexity index is 1500. The van der Waals surface area contributed by atoms with E-state index in [-0.39, 0.29) is 11.6 Å². The summed E-state index contributed by atoms with van der Waals surface area (Å²) in [5, 5.41) is 19.3. The largest absolute Gasteiger partial charge is 0.497 e. The molecule has 1 aliphatic rings. The highest BCUT2D eigenvalue weighted by molar-refractivity contribution is 7.14. The zero-order chi connectivity index (χ0) is 25.2. The van der Waals surface area contributed by atoms with E-state index in [4.69, 9.17) is 4.74 Å². The van der Waals surface area contributed by atoms with E-state index in [0.29, 0.717) is 27.7 Å². The fraction of sp³-hybridized carbons (Fsp3) is 0.0741. The number of thiazole rings is 1. The maximum Gasteiger partial charge on any atom is 0.283 e. The minimum absolute atomic E-state index is 0.0381. The molecule has 1 amide bonds. The lowest BCUT2D eigenvalue weighted by molar-refractivity contribution is -0.384. The Kier molecular flexibility index (Phi) is 6.14. The second-order valence-electron chi connectivity index (χ2n) is 8.08. The molecule has 8 nitrogen and oxygen atoms in total. The average molecular weight is 497 g/mol. The normalized spacial score (nSPS) is 14.3. The molecule has 0 saturated heterocycles. The van der Waals surface area contributed by atoms with Gasteiger partial charge in [0.1, 0.15) is 11.5 Å². The first-order chi connectivity index (χ1) is 17.4. The smallest absolute Gasteiger partial charge is 0.283 e. The minimum Gasteiger partial charge on any atom is -0.497 e. The molecule has 0 radical (unpaired) electrons. The van der Waals surface area contributed by atoms with Crippen LogP contribution in [-0.2, 0) is 4.79 Å². The Morgan fingerprint density at radius 3 is 2.28 bits per heavy atom. The van der Waals surface area contributed by atoms with Gasteiger partial charge in [0.15, 0.2) is 0 Å². The molecule has 0 saturated carbocycles. The molecule has 0 N–H and O–H groups in total. The lowest BCUT2D eigenvalue weighted by Crippen LogP contribution is -2.21. The lowest BCUT2D eigenvalue weighted by atomic mass is 10.00. The van der Waals surface area contributed by atoms with E-state index in [0.717, 1.165) is 22.4 Å². The van der Waals surface area contributed by atoms with Crippen LogP contribution in [0, 0.1) is 17.0 Å². The number of nitro benzene ring substituents is 1. The third kappa shape index (κ3) is 4.51. The maximum atomic E-state index is 13.6. The first-order valence-corrected chi connectivity index (χ1v) is 11.9. The first-order valence-electron chi connectivity index (χ1n) is 11.0. The van der Waals surface area contributed by atoms with Crippen molar-refractivity contribution in [2.75, 3.05) is 12.1 Å². The van der Waals surface area contributed by atoms with Gasteiger partial charge in [-0.1, -0.05) is 42.0 Å². The van der Waals surface area contributed by atoms with Crippen molar-refractivity contribution >= 4 is 39.9 Å². The number of carbonyl (C=O) groups is 1. The number of hydrazone groups is 1. The molecule has 178 valence electrons. The predicted octanol–water partition coefficient (Wildman–Crippen LogP) is 5.87. The van der Waals surface area contributed by atoms with Gasteiger partial charge in [0.05, 0.1) is 23.3 Å². The Balaban J connectivity index is 1.55. The molecule has 1 aromatic heterocycles. The highest BCUT2D eigenvalue weighted by atomic mass is 32.1. The van der Waals surface area contributed by atoms with Crippen LogP contribution in [0.3, 0.4) is 0 Å². The zero-order valence-corrected chi connectivity index (χ0v) is 20.2. The molecular formula is C27H20N4O4S. The molecule has 0 unspecified atom stereocenters. The van der Waals surface area contributed by atoms with Gasteiger partial charge in [0, 0.05) is 28.6 Å². The van der Waals surface area contributed by atoms with Crippen LogP contribution in [0.1, 0.15) is 16.7 Å². The number of carbonyl (C=O) groups excluding carboxylic acids is 1. The Labute approximate surface area is 211 Å². The lowest BCUT2D eigenvalue weighted by Gasteiger charge is -2.07. The van der Waals surface area contributed by atoms with Crippen molar-refractivity contribution in [2.24, 2.45) is 5.10 Å². The Morgan fingerprint density at radius 2 is 1.64 bits per heavy atom. The number of rotatable bonds is 6. The molecule has 0 atom stereocenters. The van der Waals surface area contributed by atoms with Gasteiger partial charge < -0.3 is 4.74 Å². The molecule has 0 spiro atoms. The molecule has 2 heterocycles. The molecule has 3 aromatic carbocycles. The topological polar surface area (TPSA) is 97.9 Å². The summed E-state index contributed by atoms with van der Waals surface area (Å²) in [6, 6.07) is 21.3. The number of hydrogen-bond donors (Lipinski definition) is 0. The van der Waals surface area contributed by atoms with E-state index in [9.17, 15) is 14.9 Å². The highest BCUT2D eigenvalue weighted by Gasteiger charge is 2.34. The molecule has 0 aliphatic carbocycles. The quantitative estimate of drug-likeness (QED) is 0.189. The standard InChI is InChI=1S/C27H20N4O4S/c1-17-3-7-19(8-4-17)24-16-36-27(28-24)30-26(32)23(15-18-5-13-22(35-2)14-6-18)25(29-30)20-9-11-21(12-10-20)31(33)34/h3-16H,1-2H3/b23-15-. The van der Waals surface area contributed by atoms with E-state index in [1.807, 2.05) is 48.7 Å². The molecule has 0 fully saturated rings. The van der Waals surface area contributed by atoms with Gasteiger partial charge >= 0.3 is 0 Å². The van der Waals surface area contributed by atoms with Gasteiger partial charge in [-0.3, -0.25) is 14.9 Å². The number of methoxy groups -OCH3 is 1. The molecule has 1 aliphatic heterocycles. The van der Waals surface area contributed by atoms with Gasteiger partial charge in [0.25, 0.3) is 11.6 Å². The van der Waals surface area contributed by atoms with Gasteiger partial charge in [-0.2, -0.15) is 10.1 Å². The van der Waals surface area contributed by atoms with Crippen LogP contribution in [-0.4, -0.2) is 28.6 Å².